The van der Waals surface area contributed by atoms with E-state index in [1.54, 1.807) is 6.20 Å². The zero-order valence-electron chi connectivity index (χ0n) is 13.2. The molecule has 3 rings (SSSR count). The van der Waals surface area contributed by atoms with E-state index < -0.39 is 0 Å². The first kappa shape index (κ1) is 16.1. The minimum Gasteiger partial charge on any atom is -0.374 e. The smallest absolute Gasteiger partial charge is 0.263 e. The zero-order chi connectivity index (χ0) is 16.1. The topological polar surface area (TPSA) is 54.5 Å². The van der Waals surface area contributed by atoms with Gasteiger partial charge >= 0.3 is 0 Å². The highest BCUT2D eigenvalue weighted by atomic mass is 32.1. The summed E-state index contributed by atoms with van der Waals surface area (Å²) >= 11 is 1.41. The fourth-order valence-corrected chi connectivity index (χ4v) is 3.34. The number of amides is 1. The molecule has 1 saturated heterocycles. The van der Waals surface area contributed by atoms with Gasteiger partial charge in [0.2, 0.25) is 0 Å². The molecule has 0 bridgehead atoms. The fraction of sp³-hybridized carbons (Fsp3) is 0.412. The van der Waals surface area contributed by atoms with Crippen molar-refractivity contribution in [3.8, 4) is 0 Å². The van der Waals surface area contributed by atoms with E-state index in [-0.39, 0.29) is 12.0 Å². The summed E-state index contributed by atoms with van der Waals surface area (Å²) < 4.78 is 5.77. The third-order valence-electron chi connectivity index (χ3n) is 3.81. The van der Waals surface area contributed by atoms with Crippen LogP contribution in [0, 0.1) is 6.92 Å². The second-order valence-electron chi connectivity index (χ2n) is 5.67. The largest absolute Gasteiger partial charge is 0.374 e. The molecule has 1 aliphatic heterocycles. The van der Waals surface area contributed by atoms with Gasteiger partial charge in [0.1, 0.15) is 4.88 Å². The Hall–Kier alpha value is -1.76. The van der Waals surface area contributed by atoms with Gasteiger partial charge < -0.3 is 10.1 Å². The number of benzene rings is 1. The number of morpholine rings is 1. The summed E-state index contributed by atoms with van der Waals surface area (Å²) in [6.45, 7) is 5.80. The van der Waals surface area contributed by atoms with Crippen LogP contribution in [-0.2, 0) is 11.3 Å². The lowest BCUT2D eigenvalue weighted by atomic mass is 10.2. The van der Waals surface area contributed by atoms with Gasteiger partial charge in [-0.05, 0) is 12.5 Å². The average molecular weight is 331 g/mol. The molecule has 1 aromatic heterocycles. The van der Waals surface area contributed by atoms with Crippen molar-refractivity contribution in [1.82, 2.24) is 15.2 Å². The molecule has 0 saturated carbocycles. The third kappa shape index (κ3) is 4.60. The number of hydrogen-bond donors (Lipinski definition) is 1. The van der Waals surface area contributed by atoms with Crippen molar-refractivity contribution >= 4 is 17.2 Å². The molecular weight excluding hydrogens is 310 g/mol. The van der Waals surface area contributed by atoms with Gasteiger partial charge in [-0.3, -0.25) is 9.69 Å². The number of thiazole rings is 1. The lowest BCUT2D eigenvalue weighted by molar-refractivity contribution is -0.0292. The van der Waals surface area contributed by atoms with E-state index in [9.17, 15) is 4.79 Å². The van der Waals surface area contributed by atoms with Crippen molar-refractivity contribution in [2.75, 3.05) is 26.2 Å². The molecule has 1 amide bonds. The van der Waals surface area contributed by atoms with Crippen LogP contribution in [0.4, 0.5) is 0 Å². The van der Waals surface area contributed by atoms with E-state index in [1.807, 2.05) is 13.0 Å². The van der Waals surface area contributed by atoms with Crippen molar-refractivity contribution in [3.05, 3.63) is 52.0 Å². The molecule has 1 fully saturated rings. The first-order chi connectivity index (χ1) is 11.2. The number of ether oxygens (including phenoxy) is 1. The number of nitrogens with one attached hydrogen (secondary N) is 1. The molecule has 1 N–H and O–H groups in total. The Bertz CT molecular complexity index is 644. The van der Waals surface area contributed by atoms with Gasteiger partial charge in [-0.25, -0.2) is 4.98 Å². The summed E-state index contributed by atoms with van der Waals surface area (Å²) in [4.78, 5) is 19.2. The monoisotopic (exact) mass is 331 g/mol. The first-order valence-electron chi connectivity index (χ1n) is 7.79. The predicted octanol–water partition coefficient (Wildman–Crippen LogP) is 2.08. The van der Waals surface area contributed by atoms with Crippen molar-refractivity contribution in [2.45, 2.75) is 19.6 Å². The van der Waals surface area contributed by atoms with Gasteiger partial charge in [-0.15, -0.1) is 11.3 Å². The van der Waals surface area contributed by atoms with E-state index in [2.05, 4.69) is 39.5 Å². The maximum atomic E-state index is 12.1. The van der Waals surface area contributed by atoms with Crippen molar-refractivity contribution in [3.63, 3.8) is 0 Å². The quantitative estimate of drug-likeness (QED) is 0.911. The number of carbonyl (C=O) groups is 1. The van der Waals surface area contributed by atoms with Gasteiger partial charge in [0.15, 0.2) is 0 Å². The molecule has 0 spiro atoms. The Balaban J connectivity index is 1.48. The van der Waals surface area contributed by atoms with Crippen LogP contribution >= 0.6 is 11.3 Å². The van der Waals surface area contributed by atoms with Crippen LogP contribution in [0.3, 0.4) is 0 Å². The molecular formula is C17H21N3O2S. The molecule has 0 aliphatic carbocycles. The number of nitrogens with zero attached hydrogens (tertiary/aromatic N) is 2. The molecule has 122 valence electrons. The number of hydrogen-bond acceptors (Lipinski definition) is 5. The number of aromatic nitrogens is 1. The standard InChI is InChI=1S/C17H21N3O2S/c1-13-18-10-16(23-13)17(21)19-9-15-12-20(7-8-22-15)11-14-5-3-2-4-6-14/h2-6,10,15H,7-9,11-12H2,1H3,(H,19,21). The highest BCUT2D eigenvalue weighted by Gasteiger charge is 2.21. The van der Waals surface area contributed by atoms with E-state index >= 15 is 0 Å². The van der Waals surface area contributed by atoms with Crippen LogP contribution in [0.15, 0.2) is 36.5 Å². The molecule has 5 nitrogen and oxygen atoms in total. The summed E-state index contributed by atoms with van der Waals surface area (Å²) in [5, 5.41) is 3.85. The SMILES string of the molecule is Cc1ncc(C(=O)NCC2CN(Cc3ccccc3)CCO2)s1. The molecule has 1 aliphatic rings. The van der Waals surface area contributed by atoms with Gasteiger partial charge in [0.05, 0.1) is 23.9 Å². The number of aryl methyl sites for hydroxylation is 1. The van der Waals surface area contributed by atoms with Crippen molar-refractivity contribution < 1.29 is 9.53 Å². The molecule has 1 aromatic carbocycles. The van der Waals surface area contributed by atoms with Gasteiger partial charge in [-0.2, -0.15) is 0 Å². The first-order valence-corrected chi connectivity index (χ1v) is 8.61. The minimum absolute atomic E-state index is 0.0328. The summed E-state index contributed by atoms with van der Waals surface area (Å²) in [5.74, 6) is -0.0700. The molecule has 0 radical (unpaired) electrons. The van der Waals surface area contributed by atoms with Gasteiger partial charge in [0.25, 0.3) is 5.91 Å². The summed E-state index contributed by atoms with van der Waals surface area (Å²) in [7, 11) is 0. The second-order valence-corrected chi connectivity index (χ2v) is 6.90. The van der Waals surface area contributed by atoms with E-state index in [0.717, 1.165) is 24.6 Å². The highest BCUT2D eigenvalue weighted by molar-refractivity contribution is 7.13. The van der Waals surface area contributed by atoms with Crippen LogP contribution in [0.1, 0.15) is 20.2 Å². The van der Waals surface area contributed by atoms with Crippen LogP contribution < -0.4 is 5.32 Å². The summed E-state index contributed by atoms with van der Waals surface area (Å²) in [5.41, 5.74) is 1.30. The molecule has 23 heavy (non-hydrogen) atoms. The lowest BCUT2D eigenvalue weighted by Gasteiger charge is -2.33. The van der Waals surface area contributed by atoms with Crippen LogP contribution in [0.25, 0.3) is 0 Å². The lowest BCUT2D eigenvalue weighted by Crippen LogP contribution is -2.47. The molecule has 6 heteroatoms. The molecule has 2 heterocycles. The predicted molar refractivity (Wildman–Crippen MR) is 90.6 cm³/mol. The third-order valence-corrected chi connectivity index (χ3v) is 4.72. The van der Waals surface area contributed by atoms with E-state index in [1.165, 1.54) is 16.9 Å². The fourth-order valence-electron chi connectivity index (χ4n) is 2.65. The summed E-state index contributed by atoms with van der Waals surface area (Å²) in [6.07, 6.45) is 1.66. The highest BCUT2D eigenvalue weighted by Crippen LogP contribution is 2.12. The van der Waals surface area contributed by atoms with E-state index in [4.69, 9.17) is 4.74 Å². The van der Waals surface area contributed by atoms with Gasteiger partial charge in [-0.1, -0.05) is 30.3 Å². The van der Waals surface area contributed by atoms with Crippen molar-refractivity contribution in [1.29, 1.82) is 0 Å². The second kappa shape index (κ2) is 7.68. The average Bonchev–Trinajstić information content (AvgIpc) is 3.01. The Morgan fingerprint density at radius 2 is 2.26 bits per heavy atom. The van der Waals surface area contributed by atoms with Crippen LogP contribution in [0.2, 0.25) is 0 Å². The van der Waals surface area contributed by atoms with E-state index in [0.29, 0.717) is 18.0 Å². The molecule has 1 unspecified atom stereocenters. The minimum atomic E-state index is -0.0700. The summed E-state index contributed by atoms with van der Waals surface area (Å²) in [6, 6.07) is 10.4. The number of rotatable bonds is 5. The zero-order valence-corrected chi connectivity index (χ0v) is 14.0. The van der Waals surface area contributed by atoms with Crippen molar-refractivity contribution in [2.24, 2.45) is 0 Å². The molecule has 2 aromatic rings. The normalized spacial score (nSPS) is 18.7. The maximum Gasteiger partial charge on any atom is 0.263 e. The Kier molecular flexibility index (Phi) is 5.38. The molecule has 1 atom stereocenters. The van der Waals surface area contributed by atoms with Crippen LogP contribution in [-0.4, -0.2) is 48.1 Å². The van der Waals surface area contributed by atoms with Crippen LogP contribution in [0.5, 0.6) is 0 Å². The number of carbonyl (C=O) groups excluding carboxylic acids is 1. The maximum absolute atomic E-state index is 12.1. The Morgan fingerprint density at radius 1 is 1.43 bits per heavy atom. The Labute approximate surface area is 140 Å². The Morgan fingerprint density at radius 3 is 3.00 bits per heavy atom. The van der Waals surface area contributed by atoms with Gasteiger partial charge in [0, 0.05) is 26.2 Å².